The summed E-state index contributed by atoms with van der Waals surface area (Å²) >= 11 is 0. The molecule has 8 heteroatoms. The average Bonchev–Trinajstić information content (AvgIpc) is 3.44. The Morgan fingerprint density at radius 1 is 1.06 bits per heavy atom. The van der Waals surface area contributed by atoms with Crippen LogP contribution in [0.4, 0.5) is 17.5 Å². The van der Waals surface area contributed by atoms with E-state index in [2.05, 4.69) is 34.5 Å². The summed E-state index contributed by atoms with van der Waals surface area (Å²) in [7, 11) is -1.01. The zero-order valence-electron chi connectivity index (χ0n) is 18.3. The van der Waals surface area contributed by atoms with Crippen LogP contribution in [0.3, 0.4) is 0 Å². The maximum Gasteiger partial charge on any atom is 0.227 e. The van der Waals surface area contributed by atoms with Gasteiger partial charge in [-0.2, -0.15) is 4.98 Å². The minimum Gasteiger partial charge on any atom is -0.381 e. The number of benzene rings is 1. The number of hydrogen-bond acceptors (Lipinski definition) is 7. The van der Waals surface area contributed by atoms with Crippen molar-refractivity contribution >= 4 is 34.0 Å². The molecule has 168 valence electrons. The van der Waals surface area contributed by atoms with Crippen LogP contribution in [0.1, 0.15) is 36.9 Å². The highest BCUT2D eigenvalue weighted by molar-refractivity contribution is 7.85. The van der Waals surface area contributed by atoms with Gasteiger partial charge in [0, 0.05) is 62.6 Å². The van der Waals surface area contributed by atoms with Crippen LogP contribution in [0, 0.1) is 5.92 Å². The third-order valence-corrected chi connectivity index (χ3v) is 8.57. The van der Waals surface area contributed by atoms with Gasteiger partial charge in [0.1, 0.15) is 10.7 Å². The first-order valence-corrected chi connectivity index (χ1v) is 13.1. The van der Waals surface area contributed by atoms with E-state index in [1.807, 2.05) is 0 Å². The maximum absolute atomic E-state index is 12.6. The van der Waals surface area contributed by atoms with Crippen molar-refractivity contribution in [3.8, 4) is 0 Å². The van der Waals surface area contributed by atoms with E-state index in [0.29, 0.717) is 17.7 Å². The predicted molar refractivity (Wildman–Crippen MR) is 127 cm³/mol. The van der Waals surface area contributed by atoms with Gasteiger partial charge in [-0.1, -0.05) is 18.2 Å². The number of para-hydroxylation sites is 1. The summed E-state index contributed by atoms with van der Waals surface area (Å²) < 4.78 is 18.1. The van der Waals surface area contributed by atoms with Crippen LogP contribution < -0.4 is 10.2 Å². The SMILES string of the molecule is O=S1CCc2nc(N3CCC(C4=Nc5ccccc5C4)CC3)nc(NC3CCOCC3)c21. The number of fused-ring (bicyclic) bond motifs is 2. The number of piperidine rings is 1. The third-order valence-electron chi connectivity index (χ3n) is 7.11. The molecule has 0 radical (unpaired) electrons. The topological polar surface area (TPSA) is 79.7 Å². The maximum atomic E-state index is 12.6. The lowest BCUT2D eigenvalue weighted by Gasteiger charge is -2.33. The molecule has 1 aromatic heterocycles. The zero-order chi connectivity index (χ0) is 21.5. The van der Waals surface area contributed by atoms with Gasteiger partial charge in [0.05, 0.1) is 22.2 Å². The first kappa shape index (κ1) is 20.3. The van der Waals surface area contributed by atoms with Gasteiger partial charge in [0.25, 0.3) is 0 Å². The molecule has 6 rings (SSSR count). The normalized spacial score (nSPS) is 23.7. The molecular formula is C24H29N5O2S. The van der Waals surface area contributed by atoms with Crippen LogP contribution in [0.5, 0.6) is 0 Å². The molecule has 0 aliphatic carbocycles. The van der Waals surface area contributed by atoms with Crippen molar-refractivity contribution in [2.75, 3.05) is 42.3 Å². The fourth-order valence-corrected chi connectivity index (χ4v) is 6.58. The molecule has 0 saturated carbocycles. The van der Waals surface area contributed by atoms with E-state index < -0.39 is 10.8 Å². The summed E-state index contributed by atoms with van der Waals surface area (Å²) in [6.45, 7) is 3.39. The van der Waals surface area contributed by atoms with E-state index in [1.165, 1.54) is 11.3 Å². The van der Waals surface area contributed by atoms with Crippen molar-refractivity contribution in [1.82, 2.24) is 9.97 Å². The summed E-state index contributed by atoms with van der Waals surface area (Å²) in [6.07, 6.45) is 5.81. The third kappa shape index (κ3) is 3.83. The number of aromatic nitrogens is 2. The van der Waals surface area contributed by atoms with Crippen LogP contribution >= 0.6 is 0 Å². The Bertz CT molecular complexity index is 1070. The predicted octanol–water partition coefficient (Wildman–Crippen LogP) is 3.28. The Labute approximate surface area is 191 Å². The van der Waals surface area contributed by atoms with Gasteiger partial charge in [-0.3, -0.25) is 9.20 Å². The van der Waals surface area contributed by atoms with Crippen molar-refractivity contribution in [2.45, 2.75) is 49.5 Å². The highest BCUT2D eigenvalue weighted by Gasteiger charge is 2.31. The number of aryl methyl sites for hydroxylation is 1. The second kappa shape index (κ2) is 8.56. The van der Waals surface area contributed by atoms with Gasteiger partial charge in [-0.05, 0) is 37.3 Å². The molecule has 1 atom stereocenters. The van der Waals surface area contributed by atoms with E-state index in [4.69, 9.17) is 19.7 Å². The summed E-state index contributed by atoms with van der Waals surface area (Å²) in [5, 5.41) is 3.58. The molecule has 1 N–H and O–H groups in total. The minimum absolute atomic E-state index is 0.320. The van der Waals surface area contributed by atoms with Crippen LogP contribution in [0.2, 0.25) is 0 Å². The van der Waals surface area contributed by atoms with Crippen LogP contribution in [0.15, 0.2) is 34.2 Å². The molecule has 7 nitrogen and oxygen atoms in total. The standard InChI is InChI=1S/C24H29N5O2S/c30-32-14-9-20-22(32)23(25-18-7-12-31-13-8-18)28-24(27-20)29-10-5-16(6-11-29)21-15-17-3-1-2-4-19(17)26-21/h1-4,16,18H,5-15H2,(H,25,27,28). The smallest absolute Gasteiger partial charge is 0.227 e. The molecule has 1 aromatic carbocycles. The van der Waals surface area contributed by atoms with Gasteiger partial charge in [-0.25, -0.2) is 4.98 Å². The largest absolute Gasteiger partial charge is 0.381 e. The van der Waals surface area contributed by atoms with Gasteiger partial charge in [0.2, 0.25) is 5.95 Å². The molecular weight excluding hydrogens is 422 g/mol. The number of aliphatic imine (C=N–C) groups is 1. The lowest BCUT2D eigenvalue weighted by Crippen LogP contribution is -2.38. The minimum atomic E-state index is -1.01. The lowest BCUT2D eigenvalue weighted by atomic mass is 9.90. The van der Waals surface area contributed by atoms with Crippen LogP contribution in [-0.2, 0) is 28.4 Å². The summed E-state index contributed by atoms with van der Waals surface area (Å²) in [5.74, 6) is 2.75. The van der Waals surface area contributed by atoms with Crippen LogP contribution in [-0.4, -0.2) is 58.0 Å². The van der Waals surface area contributed by atoms with Crippen molar-refractivity contribution in [3.05, 3.63) is 35.5 Å². The molecule has 2 fully saturated rings. The number of anilines is 2. The number of hydrogen-bond donors (Lipinski definition) is 1. The quantitative estimate of drug-likeness (QED) is 0.769. The summed E-state index contributed by atoms with van der Waals surface area (Å²) in [6, 6.07) is 8.80. The Balaban J connectivity index is 1.18. The summed E-state index contributed by atoms with van der Waals surface area (Å²) in [5.41, 5.74) is 4.78. The molecule has 32 heavy (non-hydrogen) atoms. The average molecular weight is 452 g/mol. The fraction of sp³-hybridized carbons (Fsp3) is 0.542. The van der Waals surface area contributed by atoms with Gasteiger partial charge in [-0.15, -0.1) is 0 Å². The van der Waals surface area contributed by atoms with Gasteiger partial charge in [0.15, 0.2) is 0 Å². The summed E-state index contributed by atoms with van der Waals surface area (Å²) in [4.78, 5) is 17.8. The molecule has 2 aromatic rings. The van der Waals surface area contributed by atoms with Crippen molar-refractivity contribution in [2.24, 2.45) is 10.9 Å². The molecule has 0 amide bonds. The van der Waals surface area contributed by atoms with E-state index >= 15 is 0 Å². The molecule has 2 saturated heterocycles. The Morgan fingerprint density at radius 3 is 2.69 bits per heavy atom. The fourth-order valence-electron chi connectivity index (χ4n) is 5.27. The number of nitrogens with zero attached hydrogens (tertiary/aromatic N) is 4. The molecule has 4 aliphatic rings. The van der Waals surface area contributed by atoms with Crippen molar-refractivity contribution in [3.63, 3.8) is 0 Å². The van der Waals surface area contributed by atoms with Gasteiger partial charge >= 0.3 is 0 Å². The van der Waals surface area contributed by atoms with Crippen LogP contribution in [0.25, 0.3) is 0 Å². The lowest BCUT2D eigenvalue weighted by molar-refractivity contribution is 0.0903. The first-order chi connectivity index (χ1) is 15.7. The Hall–Kier alpha value is -2.32. The molecule has 5 heterocycles. The number of ether oxygens (including phenoxy) is 1. The first-order valence-electron chi connectivity index (χ1n) is 11.8. The molecule has 1 unspecified atom stereocenters. The molecule has 0 spiro atoms. The van der Waals surface area contributed by atoms with E-state index in [9.17, 15) is 4.21 Å². The number of nitrogens with one attached hydrogen (secondary N) is 1. The highest BCUT2D eigenvalue weighted by Crippen LogP contribution is 2.34. The second-order valence-corrected chi connectivity index (χ2v) is 10.7. The van der Waals surface area contributed by atoms with E-state index in [1.54, 1.807) is 0 Å². The van der Waals surface area contributed by atoms with E-state index in [0.717, 1.165) is 92.9 Å². The Kier molecular flexibility index (Phi) is 5.43. The Morgan fingerprint density at radius 2 is 1.88 bits per heavy atom. The second-order valence-electron chi connectivity index (χ2n) is 9.15. The monoisotopic (exact) mass is 451 g/mol. The molecule has 0 bridgehead atoms. The van der Waals surface area contributed by atoms with E-state index in [-0.39, 0.29) is 0 Å². The highest BCUT2D eigenvalue weighted by atomic mass is 32.2. The molecule has 4 aliphatic heterocycles. The van der Waals surface area contributed by atoms with Gasteiger partial charge < -0.3 is 15.0 Å². The van der Waals surface area contributed by atoms with Crippen molar-refractivity contribution < 1.29 is 8.95 Å². The number of rotatable bonds is 4. The van der Waals surface area contributed by atoms with Crippen molar-refractivity contribution in [1.29, 1.82) is 0 Å². The zero-order valence-corrected chi connectivity index (χ0v) is 19.1.